The number of thiazole rings is 1. The summed E-state index contributed by atoms with van der Waals surface area (Å²) in [6, 6.07) is 1.57. The standard InChI is InChI=1S/C12H14FN3S/c1-8(10-3-11(13)5-14-4-10)15-6-12-9(2)16-7-17-12/h3-5,7-8,15H,6H2,1-2H3/t8-/m0/s1. The van der Waals surface area contributed by atoms with E-state index >= 15 is 0 Å². The van der Waals surface area contributed by atoms with E-state index in [0.29, 0.717) is 0 Å². The summed E-state index contributed by atoms with van der Waals surface area (Å²) < 4.78 is 13.0. The molecule has 0 amide bonds. The number of aryl methyl sites for hydroxylation is 1. The summed E-state index contributed by atoms with van der Waals surface area (Å²) >= 11 is 1.63. The number of hydrogen-bond acceptors (Lipinski definition) is 4. The molecule has 0 unspecified atom stereocenters. The highest BCUT2D eigenvalue weighted by Gasteiger charge is 2.08. The van der Waals surface area contributed by atoms with Crippen LogP contribution in [0, 0.1) is 12.7 Å². The monoisotopic (exact) mass is 251 g/mol. The normalized spacial score (nSPS) is 12.6. The van der Waals surface area contributed by atoms with Crippen LogP contribution >= 0.6 is 11.3 Å². The minimum atomic E-state index is -0.301. The Bertz CT molecular complexity index is 498. The van der Waals surface area contributed by atoms with E-state index in [4.69, 9.17) is 0 Å². The fourth-order valence-corrected chi connectivity index (χ4v) is 2.25. The van der Waals surface area contributed by atoms with Crippen LogP contribution in [-0.4, -0.2) is 9.97 Å². The van der Waals surface area contributed by atoms with Crippen molar-refractivity contribution >= 4 is 11.3 Å². The van der Waals surface area contributed by atoms with E-state index in [9.17, 15) is 4.39 Å². The minimum absolute atomic E-state index is 0.0692. The highest BCUT2D eigenvalue weighted by molar-refractivity contribution is 7.09. The van der Waals surface area contributed by atoms with Gasteiger partial charge in [0.2, 0.25) is 0 Å². The first kappa shape index (κ1) is 12.1. The lowest BCUT2D eigenvalue weighted by molar-refractivity contribution is 0.562. The van der Waals surface area contributed by atoms with Crippen molar-refractivity contribution in [2.75, 3.05) is 0 Å². The molecule has 5 heteroatoms. The van der Waals surface area contributed by atoms with E-state index < -0.39 is 0 Å². The molecule has 1 N–H and O–H groups in total. The number of halogens is 1. The summed E-state index contributed by atoms with van der Waals surface area (Å²) in [5.41, 5.74) is 3.74. The molecule has 0 aliphatic carbocycles. The zero-order valence-electron chi connectivity index (χ0n) is 9.77. The summed E-state index contributed by atoms with van der Waals surface area (Å²) in [6.45, 7) is 4.73. The highest BCUT2D eigenvalue weighted by Crippen LogP contribution is 2.16. The van der Waals surface area contributed by atoms with E-state index in [0.717, 1.165) is 17.8 Å². The van der Waals surface area contributed by atoms with Gasteiger partial charge in [-0.05, 0) is 25.5 Å². The summed E-state index contributed by atoms with van der Waals surface area (Å²) in [4.78, 5) is 9.24. The van der Waals surface area contributed by atoms with Crippen LogP contribution in [0.5, 0.6) is 0 Å². The van der Waals surface area contributed by atoms with Crippen molar-refractivity contribution in [2.45, 2.75) is 26.4 Å². The molecule has 0 radical (unpaired) electrons. The van der Waals surface area contributed by atoms with Crippen molar-refractivity contribution in [3.8, 4) is 0 Å². The van der Waals surface area contributed by atoms with Crippen LogP contribution in [0.3, 0.4) is 0 Å². The zero-order chi connectivity index (χ0) is 12.3. The second-order valence-electron chi connectivity index (χ2n) is 3.90. The van der Waals surface area contributed by atoms with Crippen molar-refractivity contribution in [3.63, 3.8) is 0 Å². The molecule has 0 fully saturated rings. The van der Waals surface area contributed by atoms with Gasteiger partial charge in [0, 0.05) is 23.7 Å². The van der Waals surface area contributed by atoms with Gasteiger partial charge in [-0.3, -0.25) is 4.98 Å². The molecule has 2 heterocycles. The van der Waals surface area contributed by atoms with Gasteiger partial charge >= 0.3 is 0 Å². The number of nitrogens with one attached hydrogen (secondary N) is 1. The molecule has 0 bridgehead atoms. The Morgan fingerprint density at radius 1 is 1.47 bits per heavy atom. The van der Waals surface area contributed by atoms with Gasteiger partial charge in [-0.15, -0.1) is 11.3 Å². The van der Waals surface area contributed by atoms with Crippen LogP contribution in [0.1, 0.15) is 29.1 Å². The molecule has 0 saturated carbocycles. The first-order chi connectivity index (χ1) is 8.16. The third-order valence-electron chi connectivity index (χ3n) is 2.64. The van der Waals surface area contributed by atoms with Gasteiger partial charge in [0.25, 0.3) is 0 Å². The molecule has 2 rings (SSSR count). The van der Waals surface area contributed by atoms with Crippen molar-refractivity contribution in [1.29, 1.82) is 0 Å². The largest absolute Gasteiger partial charge is 0.305 e. The smallest absolute Gasteiger partial charge is 0.141 e. The van der Waals surface area contributed by atoms with Gasteiger partial charge in [0.15, 0.2) is 0 Å². The van der Waals surface area contributed by atoms with E-state index in [2.05, 4.69) is 15.3 Å². The topological polar surface area (TPSA) is 37.8 Å². The summed E-state index contributed by atoms with van der Waals surface area (Å²) in [6.07, 6.45) is 2.89. The van der Waals surface area contributed by atoms with Gasteiger partial charge < -0.3 is 5.32 Å². The van der Waals surface area contributed by atoms with Gasteiger partial charge in [0.1, 0.15) is 5.82 Å². The van der Waals surface area contributed by atoms with E-state index in [1.807, 2.05) is 19.4 Å². The fraction of sp³-hybridized carbons (Fsp3) is 0.333. The molecule has 0 aromatic carbocycles. The van der Waals surface area contributed by atoms with Crippen LogP contribution in [-0.2, 0) is 6.54 Å². The molecule has 0 aliphatic rings. The SMILES string of the molecule is Cc1ncsc1CN[C@@H](C)c1cncc(F)c1. The van der Waals surface area contributed by atoms with E-state index in [-0.39, 0.29) is 11.9 Å². The lowest BCUT2D eigenvalue weighted by atomic mass is 10.1. The molecule has 90 valence electrons. The Kier molecular flexibility index (Phi) is 3.81. The predicted molar refractivity (Wildman–Crippen MR) is 66.3 cm³/mol. The Morgan fingerprint density at radius 2 is 2.29 bits per heavy atom. The van der Waals surface area contributed by atoms with Crippen LogP contribution in [0.25, 0.3) is 0 Å². The summed E-state index contributed by atoms with van der Waals surface area (Å²) in [7, 11) is 0. The highest BCUT2D eigenvalue weighted by atomic mass is 32.1. The molecular weight excluding hydrogens is 237 g/mol. The molecule has 1 atom stereocenters. The van der Waals surface area contributed by atoms with Crippen LogP contribution in [0.4, 0.5) is 4.39 Å². The quantitative estimate of drug-likeness (QED) is 0.908. The number of rotatable bonds is 4. The molecular formula is C12H14FN3S. The van der Waals surface area contributed by atoms with Crippen molar-refractivity contribution in [2.24, 2.45) is 0 Å². The fourth-order valence-electron chi connectivity index (χ4n) is 1.52. The molecule has 0 aliphatic heterocycles. The van der Waals surface area contributed by atoms with Crippen LogP contribution in [0.15, 0.2) is 24.0 Å². The molecule has 0 spiro atoms. The van der Waals surface area contributed by atoms with Gasteiger partial charge in [-0.1, -0.05) is 0 Å². The summed E-state index contributed by atoms with van der Waals surface area (Å²) in [5.74, 6) is -0.301. The average molecular weight is 251 g/mol. The molecule has 2 aromatic heterocycles. The van der Waals surface area contributed by atoms with Crippen molar-refractivity contribution in [3.05, 3.63) is 45.9 Å². The minimum Gasteiger partial charge on any atom is -0.305 e. The third kappa shape index (κ3) is 3.08. The maximum Gasteiger partial charge on any atom is 0.141 e. The maximum atomic E-state index is 13.0. The van der Waals surface area contributed by atoms with Gasteiger partial charge in [-0.25, -0.2) is 9.37 Å². The molecule has 3 nitrogen and oxygen atoms in total. The average Bonchev–Trinajstić information content (AvgIpc) is 2.72. The molecule has 2 aromatic rings. The zero-order valence-corrected chi connectivity index (χ0v) is 10.6. The van der Waals surface area contributed by atoms with Crippen molar-refractivity contribution in [1.82, 2.24) is 15.3 Å². The lowest BCUT2D eigenvalue weighted by Crippen LogP contribution is -2.18. The van der Waals surface area contributed by atoms with E-state index in [1.165, 1.54) is 17.1 Å². The first-order valence-corrected chi connectivity index (χ1v) is 6.27. The first-order valence-electron chi connectivity index (χ1n) is 5.39. The Hall–Kier alpha value is -1.33. The Morgan fingerprint density at radius 3 is 2.94 bits per heavy atom. The summed E-state index contributed by atoms with van der Waals surface area (Å²) in [5, 5.41) is 3.33. The van der Waals surface area contributed by atoms with E-state index in [1.54, 1.807) is 17.5 Å². The number of pyridine rings is 1. The van der Waals surface area contributed by atoms with Gasteiger partial charge in [-0.2, -0.15) is 0 Å². The maximum absolute atomic E-state index is 13.0. The third-order valence-corrected chi connectivity index (χ3v) is 3.57. The van der Waals surface area contributed by atoms with Gasteiger partial charge in [0.05, 0.1) is 17.4 Å². The van der Waals surface area contributed by atoms with Crippen molar-refractivity contribution < 1.29 is 4.39 Å². The number of nitrogens with zero attached hydrogens (tertiary/aromatic N) is 2. The van der Waals surface area contributed by atoms with Crippen LogP contribution < -0.4 is 5.32 Å². The second kappa shape index (κ2) is 5.33. The van der Waals surface area contributed by atoms with Crippen LogP contribution in [0.2, 0.25) is 0 Å². The predicted octanol–water partition coefficient (Wildman–Crippen LogP) is 2.84. The Balaban J connectivity index is 1.98. The molecule has 0 saturated heterocycles. The lowest BCUT2D eigenvalue weighted by Gasteiger charge is -2.13. The number of aromatic nitrogens is 2. The number of hydrogen-bond donors (Lipinski definition) is 1. The second-order valence-corrected chi connectivity index (χ2v) is 4.84. The Labute approximate surface area is 104 Å². The molecule has 17 heavy (non-hydrogen) atoms.